The topological polar surface area (TPSA) is 52.6 Å². The summed E-state index contributed by atoms with van der Waals surface area (Å²) < 4.78 is 22.6. The van der Waals surface area contributed by atoms with Crippen LogP contribution in [0.5, 0.6) is 11.5 Å². The maximum absolute atomic E-state index is 13.2. The molecule has 2 rings (SSSR count). The number of rotatable bonds is 9. The number of ether oxygens (including phenoxy) is 2. The van der Waals surface area contributed by atoms with Gasteiger partial charge < -0.3 is 9.47 Å². The van der Waals surface area contributed by atoms with Crippen molar-refractivity contribution in [3.05, 3.63) is 59.7 Å². The van der Waals surface area contributed by atoms with Crippen molar-refractivity contribution in [2.75, 3.05) is 14.2 Å². The van der Waals surface area contributed by atoms with Gasteiger partial charge >= 0.3 is 0 Å². The normalized spacial score (nSPS) is 13.2. The molecule has 0 radical (unpaired) electrons. The van der Waals surface area contributed by atoms with Crippen molar-refractivity contribution in [1.29, 1.82) is 0 Å². The van der Waals surface area contributed by atoms with E-state index in [1.54, 1.807) is 18.2 Å². The van der Waals surface area contributed by atoms with Gasteiger partial charge in [-0.2, -0.15) is 0 Å². The lowest BCUT2D eigenvalue weighted by atomic mass is 9.89. The summed E-state index contributed by atoms with van der Waals surface area (Å²) in [5.74, 6) is 0.623. The zero-order valence-corrected chi connectivity index (χ0v) is 15.7. The van der Waals surface area contributed by atoms with Gasteiger partial charge in [0.1, 0.15) is 22.7 Å². The van der Waals surface area contributed by atoms with E-state index in [0.29, 0.717) is 23.5 Å². The van der Waals surface area contributed by atoms with Crippen LogP contribution in [0.4, 0.5) is 0 Å². The van der Waals surface area contributed by atoms with Crippen molar-refractivity contribution >= 4 is 14.2 Å². The quantitative estimate of drug-likeness (QED) is 0.476. The lowest BCUT2D eigenvalue weighted by Crippen LogP contribution is -2.27. The number of Topliss-reactive ketones (excluding diaryl/α,β-unsaturated/α-hetero) is 1. The third kappa shape index (κ3) is 4.46. The van der Waals surface area contributed by atoms with Crippen LogP contribution in [0.1, 0.15) is 29.3 Å². The Kier molecular flexibility index (Phi) is 7.15. The molecule has 2 atom stereocenters. The second kappa shape index (κ2) is 9.33. The first-order valence-electron chi connectivity index (χ1n) is 8.27. The monoisotopic (exact) mass is 358 g/mol. The molecule has 2 aromatic carbocycles. The van der Waals surface area contributed by atoms with Crippen LogP contribution in [-0.2, 0) is 11.0 Å². The fraction of sp³-hybridized carbons (Fsp3) is 0.350. The fourth-order valence-electron chi connectivity index (χ4n) is 2.99. The van der Waals surface area contributed by atoms with Gasteiger partial charge in [0.25, 0.3) is 0 Å². The molecule has 0 spiro atoms. The van der Waals surface area contributed by atoms with Crippen LogP contribution < -0.4 is 9.47 Å². The lowest BCUT2D eigenvalue weighted by Gasteiger charge is -2.22. The van der Waals surface area contributed by atoms with Crippen LogP contribution >= 0.6 is 8.46 Å². The SMILES string of the molecule is CCC(Cc1ccccc1)C(P=O)C(=O)c1c(OC)cccc1OC. The molecule has 0 aliphatic rings. The molecule has 4 nitrogen and oxygen atoms in total. The predicted molar refractivity (Wildman–Crippen MR) is 99.2 cm³/mol. The summed E-state index contributed by atoms with van der Waals surface area (Å²) in [6.07, 6.45) is 1.44. The third-order valence-corrected chi connectivity index (χ3v) is 5.25. The smallest absolute Gasteiger partial charge is 0.185 e. The molecule has 132 valence electrons. The summed E-state index contributed by atoms with van der Waals surface area (Å²) in [6, 6.07) is 15.1. The Morgan fingerprint density at radius 3 is 2.08 bits per heavy atom. The van der Waals surface area contributed by atoms with E-state index in [1.165, 1.54) is 14.2 Å². The Hall–Kier alpha value is -2.19. The first kappa shape index (κ1) is 19.1. The van der Waals surface area contributed by atoms with Gasteiger partial charge in [0.15, 0.2) is 14.2 Å². The van der Waals surface area contributed by atoms with Gasteiger partial charge in [-0.15, -0.1) is 0 Å². The summed E-state index contributed by atoms with van der Waals surface area (Å²) >= 11 is 0. The molecule has 0 aromatic heterocycles. The van der Waals surface area contributed by atoms with Crippen molar-refractivity contribution in [3.63, 3.8) is 0 Å². The predicted octanol–water partition coefficient (Wildman–Crippen LogP) is 4.82. The molecule has 0 bridgehead atoms. The van der Waals surface area contributed by atoms with E-state index in [4.69, 9.17) is 9.47 Å². The van der Waals surface area contributed by atoms with Crippen molar-refractivity contribution in [2.45, 2.75) is 25.4 Å². The van der Waals surface area contributed by atoms with Crippen molar-refractivity contribution in [3.8, 4) is 11.5 Å². The highest BCUT2D eigenvalue weighted by atomic mass is 31.1. The Bertz CT molecular complexity index is 693. The van der Waals surface area contributed by atoms with E-state index >= 15 is 0 Å². The van der Waals surface area contributed by atoms with E-state index in [2.05, 4.69) is 0 Å². The zero-order valence-electron chi connectivity index (χ0n) is 14.8. The number of benzene rings is 2. The highest BCUT2D eigenvalue weighted by Crippen LogP contribution is 2.35. The van der Waals surface area contributed by atoms with Gasteiger partial charge in [-0.3, -0.25) is 9.36 Å². The van der Waals surface area contributed by atoms with Crippen LogP contribution in [0.2, 0.25) is 0 Å². The molecule has 0 aliphatic heterocycles. The molecule has 0 N–H and O–H groups in total. The van der Waals surface area contributed by atoms with Gasteiger partial charge in [-0.05, 0) is 30.0 Å². The summed E-state index contributed by atoms with van der Waals surface area (Å²) in [4.78, 5) is 13.2. The largest absolute Gasteiger partial charge is 0.496 e. The van der Waals surface area contributed by atoms with E-state index in [1.807, 2.05) is 37.3 Å². The van der Waals surface area contributed by atoms with Crippen LogP contribution in [0, 0.1) is 5.92 Å². The number of hydrogen-bond acceptors (Lipinski definition) is 4. The van der Waals surface area contributed by atoms with Crippen LogP contribution in [-0.4, -0.2) is 25.7 Å². The number of carbonyl (C=O) groups is 1. The number of methoxy groups -OCH3 is 2. The molecular weight excluding hydrogens is 335 g/mol. The molecule has 0 saturated heterocycles. The zero-order chi connectivity index (χ0) is 18.2. The molecule has 2 unspecified atom stereocenters. The molecule has 2 aromatic rings. The number of hydrogen-bond donors (Lipinski definition) is 0. The minimum Gasteiger partial charge on any atom is -0.496 e. The average molecular weight is 358 g/mol. The summed E-state index contributed by atoms with van der Waals surface area (Å²) in [7, 11) is 2.84. The van der Waals surface area contributed by atoms with E-state index in [0.717, 1.165) is 12.0 Å². The summed E-state index contributed by atoms with van der Waals surface area (Å²) in [5.41, 5.74) is 0.838. The van der Waals surface area contributed by atoms with Crippen LogP contribution in [0.3, 0.4) is 0 Å². The summed E-state index contributed by atoms with van der Waals surface area (Å²) in [5, 5.41) is 0. The fourth-order valence-corrected chi connectivity index (χ4v) is 3.70. The Labute approximate surface area is 150 Å². The van der Waals surface area contributed by atoms with Gasteiger partial charge in [-0.1, -0.05) is 49.7 Å². The molecule has 0 fully saturated rings. The molecule has 0 heterocycles. The maximum Gasteiger partial charge on any atom is 0.185 e. The van der Waals surface area contributed by atoms with Crippen LogP contribution in [0.25, 0.3) is 0 Å². The minimum atomic E-state index is -0.643. The highest BCUT2D eigenvalue weighted by Gasteiger charge is 2.32. The van der Waals surface area contributed by atoms with E-state index in [9.17, 15) is 9.36 Å². The first-order chi connectivity index (χ1) is 12.2. The minimum absolute atomic E-state index is 0.0383. The van der Waals surface area contributed by atoms with Gasteiger partial charge in [0.05, 0.1) is 14.2 Å². The number of ketones is 1. The third-order valence-electron chi connectivity index (χ3n) is 4.37. The summed E-state index contributed by atoms with van der Waals surface area (Å²) in [6.45, 7) is 2.01. The molecule has 0 aliphatic carbocycles. The maximum atomic E-state index is 13.2. The van der Waals surface area contributed by atoms with Crippen LogP contribution in [0.15, 0.2) is 48.5 Å². The van der Waals surface area contributed by atoms with Gasteiger partial charge in [0.2, 0.25) is 0 Å². The Morgan fingerprint density at radius 2 is 1.60 bits per heavy atom. The second-order valence-corrected chi connectivity index (χ2v) is 6.58. The molecule has 5 heteroatoms. The Morgan fingerprint density at radius 1 is 1.00 bits per heavy atom. The second-order valence-electron chi connectivity index (χ2n) is 5.81. The number of carbonyl (C=O) groups excluding carboxylic acids is 1. The van der Waals surface area contributed by atoms with Crippen molar-refractivity contribution in [2.24, 2.45) is 5.92 Å². The van der Waals surface area contributed by atoms with E-state index < -0.39 is 5.66 Å². The van der Waals surface area contributed by atoms with Crippen molar-refractivity contribution < 1.29 is 18.8 Å². The molecule has 0 amide bonds. The first-order valence-corrected chi connectivity index (χ1v) is 9.16. The van der Waals surface area contributed by atoms with Gasteiger partial charge in [0, 0.05) is 0 Å². The van der Waals surface area contributed by atoms with Gasteiger partial charge in [-0.25, -0.2) is 0 Å². The highest BCUT2D eigenvalue weighted by molar-refractivity contribution is 7.26. The standard InChI is InChI=1S/C20H23O4P/c1-4-15(13-14-9-6-5-7-10-14)20(25-22)19(21)18-16(23-2)11-8-12-17(18)24-3/h5-12,15,20H,4,13H2,1-3H3. The molecule has 25 heavy (non-hydrogen) atoms. The molecular formula is C20H23O4P. The van der Waals surface area contributed by atoms with Crippen molar-refractivity contribution in [1.82, 2.24) is 0 Å². The Balaban J connectivity index is 2.36. The molecule has 0 saturated carbocycles. The van der Waals surface area contributed by atoms with E-state index in [-0.39, 0.29) is 20.2 Å². The lowest BCUT2D eigenvalue weighted by molar-refractivity contribution is 0.0960. The average Bonchev–Trinajstić information content (AvgIpc) is 2.67.